The van der Waals surface area contributed by atoms with Crippen molar-refractivity contribution in [2.75, 3.05) is 0 Å². The van der Waals surface area contributed by atoms with Crippen LogP contribution in [0.4, 0.5) is 0 Å². The van der Waals surface area contributed by atoms with Gasteiger partial charge >= 0.3 is 0 Å². The monoisotopic (exact) mass is 223 g/mol. The summed E-state index contributed by atoms with van der Waals surface area (Å²) in [5, 5.41) is 0. The second kappa shape index (κ2) is 4.37. The summed E-state index contributed by atoms with van der Waals surface area (Å²) in [5.74, 6) is 0. The van der Waals surface area contributed by atoms with Gasteiger partial charge in [0.05, 0.1) is 0 Å². The van der Waals surface area contributed by atoms with Crippen molar-refractivity contribution in [2.24, 2.45) is 0 Å². The van der Waals surface area contributed by atoms with E-state index in [0.717, 1.165) is 0 Å². The zero-order valence-corrected chi connectivity index (χ0v) is 11.3. The van der Waals surface area contributed by atoms with Gasteiger partial charge in [-0.25, -0.2) is 0 Å². The summed E-state index contributed by atoms with van der Waals surface area (Å²) in [7, 11) is 0. The lowest BCUT2D eigenvalue weighted by Gasteiger charge is -2.14. The Bertz CT molecular complexity index is 562. The fourth-order valence-electron chi connectivity index (χ4n) is 2.27. The van der Waals surface area contributed by atoms with E-state index < -0.39 is 0 Å². The van der Waals surface area contributed by atoms with Crippen molar-refractivity contribution < 1.29 is 0 Å². The predicted molar refractivity (Wildman–Crippen MR) is 74.4 cm³/mol. The highest BCUT2D eigenvalue weighted by molar-refractivity contribution is 5.73. The van der Waals surface area contributed by atoms with Crippen LogP contribution in [-0.4, -0.2) is 0 Å². The van der Waals surface area contributed by atoms with Crippen LogP contribution in [0.1, 0.15) is 27.8 Å². The molecule has 17 heavy (non-hydrogen) atoms. The fourth-order valence-corrected chi connectivity index (χ4v) is 2.27. The first-order valence-corrected chi connectivity index (χ1v) is 6.07. The standard InChI is InChI=1S/C17H19/c1-11-9-13(3)15(5)17(10-11)16-8-6-7-12(2)14(16)4/h6-8,10H,1-5H3. The first-order chi connectivity index (χ1) is 8.00. The summed E-state index contributed by atoms with van der Waals surface area (Å²) in [5.41, 5.74) is 9.22. The van der Waals surface area contributed by atoms with Crippen molar-refractivity contribution >= 4 is 0 Å². The second-order valence-electron chi connectivity index (χ2n) is 4.86. The summed E-state index contributed by atoms with van der Waals surface area (Å²) >= 11 is 0. The first kappa shape index (κ1) is 11.9. The lowest BCUT2D eigenvalue weighted by Crippen LogP contribution is -1.93. The molecule has 0 heteroatoms. The van der Waals surface area contributed by atoms with Crippen molar-refractivity contribution in [3.05, 3.63) is 58.1 Å². The SMILES string of the molecule is Cc1[c]c(C)c(C)c(-c2cccc(C)c2C)c1. The van der Waals surface area contributed by atoms with E-state index in [1.54, 1.807) is 0 Å². The molecule has 0 unspecified atom stereocenters. The van der Waals surface area contributed by atoms with Gasteiger partial charge in [-0.2, -0.15) is 0 Å². The Morgan fingerprint density at radius 1 is 0.824 bits per heavy atom. The van der Waals surface area contributed by atoms with Crippen LogP contribution in [-0.2, 0) is 0 Å². The van der Waals surface area contributed by atoms with Gasteiger partial charge in [-0.1, -0.05) is 24.3 Å². The molecule has 2 aromatic carbocycles. The van der Waals surface area contributed by atoms with Crippen LogP contribution in [0.15, 0.2) is 24.3 Å². The van der Waals surface area contributed by atoms with Crippen LogP contribution in [0.5, 0.6) is 0 Å². The molecule has 0 atom stereocenters. The van der Waals surface area contributed by atoms with Gasteiger partial charge in [0.2, 0.25) is 0 Å². The number of aryl methyl sites for hydroxylation is 3. The molecule has 0 aliphatic carbocycles. The van der Waals surface area contributed by atoms with Crippen LogP contribution in [0, 0.1) is 40.7 Å². The molecule has 0 nitrogen and oxygen atoms in total. The number of hydrogen-bond donors (Lipinski definition) is 0. The third kappa shape index (κ3) is 2.12. The van der Waals surface area contributed by atoms with E-state index in [1.165, 1.54) is 38.9 Å². The minimum atomic E-state index is 1.21. The molecule has 87 valence electrons. The molecule has 0 saturated carbocycles. The van der Waals surface area contributed by atoms with Gasteiger partial charge in [0, 0.05) is 0 Å². The van der Waals surface area contributed by atoms with Crippen molar-refractivity contribution in [2.45, 2.75) is 34.6 Å². The topological polar surface area (TPSA) is 0 Å². The van der Waals surface area contributed by atoms with Gasteiger partial charge < -0.3 is 0 Å². The predicted octanol–water partition coefficient (Wildman–Crippen LogP) is 4.70. The van der Waals surface area contributed by atoms with E-state index >= 15 is 0 Å². The molecule has 0 aliphatic rings. The molecule has 0 spiro atoms. The van der Waals surface area contributed by atoms with E-state index in [2.05, 4.69) is 65.0 Å². The van der Waals surface area contributed by atoms with Gasteiger partial charge in [-0.15, -0.1) is 0 Å². The van der Waals surface area contributed by atoms with E-state index in [9.17, 15) is 0 Å². The molecular formula is C17H19. The number of hydrogen-bond acceptors (Lipinski definition) is 0. The lowest BCUT2D eigenvalue weighted by molar-refractivity contribution is 1.27. The largest absolute Gasteiger partial charge is 0.0614 e. The smallest absolute Gasteiger partial charge is 0.0117 e. The Morgan fingerprint density at radius 3 is 2.24 bits per heavy atom. The Kier molecular flexibility index (Phi) is 3.06. The molecule has 0 heterocycles. The van der Waals surface area contributed by atoms with Crippen LogP contribution in [0.2, 0.25) is 0 Å². The minimum absolute atomic E-state index is 1.21. The normalized spacial score (nSPS) is 10.6. The van der Waals surface area contributed by atoms with Gasteiger partial charge in [0.15, 0.2) is 0 Å². The van der Waals surface area contributed by atoms with Gasteiger partial charge in [0.1, 0.15) is 0 Å². The molecule has 2 rings (SSSR count). The molecule has 2 aromatic rings. The third-order valence-electron chi connectivity index (χ3n) is 3.61. The second-order valence-corrected chi connectivity index (χ2v) is 4.86. The van der Waals surface area contributed by atoms with Crippen LogP contribution >= 0.6 is 0 Å². The molecule has 0 amide bonds. The van der Waals surface area contributed by atoms with Gasteiger partial charge in [0.25, 0.3) is 0 Å². The van der Waals surface area contributed by atoms with Crippen molar-refractivity contribution in [3.8, 4) is 11.1 Å². The Hall–Kier alpha value is -1.56. The average Bonchev–Trinajstić information content (AvgIpc) is 2.27. The highest BCUT2D eigenvalue weighted by Gasteiger charge is 2.08. The Labute approximate surface area is 104 Å². The van der Waals surface area contributed by atoms with E-state index in [4.69, 9.17) is 0 Å². The summed E-state index contributed by atoms with van der Waals surface area (Å²) in [6, 6.07) is 12.1. The van der Waals surface area contributed by atoms with E-state index in [0.29, 0.717) is 0 Å². The van der Waals surface area contributed by atoms with Gasteiger partial charge in [-0.3, -0.25) is 0 Å². The first-order valence-electron chi connectivity index (χ1n) is 6.07. The molecule has 0 fully saturated rings. The summed E-state index contributed by atoms with van der Waals surface area (Å²) in [6.07, 6.45) is 0. The third-order valence-corrected chi connectivity index (χ3v) is 3.61. The fraction of sp³-hybridized carbons (Fsp3) is 0.294. The quantitative estimate of drug-likeness (QED) is 0.657. The van der Waals surface area contributed by atoms with Gasteiger partial charge in [-0.05, 0) is 79.6 Å². The van der Waals surface area contributed by atoms with Crippen LogP contribution in [0.3, 0.4) is 0 Å². The Balaban J connectivity index is 2.73. The summed E-state index contributed by atoms with van der Waals surface area (Å²) in [6.45, 7) is 10.8. The average molecular weight is 223 g/mol. The van der Waals surface area contributed by atoms with E-state index in [-0.39, 0.29) is 0 Å². The molecule has 1 radical (unpaired) electrons. The zero-order valence-electron chi connectivity index (χ0n) is 11.3. The van der Waals surface area contributed by atoms with Crippen molar-refractivity contribution in [3.63, 3.8) is 0 Å². The van der Waals surface area contributed by atoms with Crippen LogP contribution in [0.25, 0.3) is 11.1 Å². The van der Waals surface area contributed by atoms with Crippen molar-refractivity contribution in [1.29, 1.82) is 0 Å². The molecule has 0 saturated heterocycles. The van der Waals surface area contributed by atoms with Crippen molar-refractivity contribution in [1.82, 2.24) is 0 Å². The molecule has 0 N–H and O–H groups in total. The maximum absolute atomic E-state index is 3.38. The highest BCUT2D eigenvalue weighted by atomic mass is 14.1. The van der Waals surface area contributed by atoms with Crippen LogP contribution < -0.4 is 0 Å². The summed E-state index contributed by atoms with van der Waals surface area (Å²) in [4.78, 5) is 0. The minimum Gasteiger partial charge on any atom is -0.0614 e. The highest BCUT2D eigenvalue weighted by Crippen LogP contribution is 2.30. The zero-order chi connectivity index (χ0) is 12.6. The lowest BCUT2D eigenvalue weighted by atomic mass is 9.91. The molecule has 0 bridgehead atoms. The molecule has 0 aliphatic heterocycles. The summed E-state index contributed by atoms with van der Waals surface area (Å²) < 4.78 is 0. The molecule has 0 aromatic heterocycles. The Morgan fingerprint density at radius 2 is 1.53 bits per heavy atom. The number of benzene rings is 2. The number of rotatable bonds is 1. The molecular weight excluding hydrogens is 204 g/mol. The van der Waals surface area contributed by atoms with E-state index in [1.807, 2.05) is 0 Å². The maximum Gasteiger partial charge on any atom is -0.0117 e. The maximum atomic E-state index is 3.38.